The van der Waals surface area contributed by atoms with Crippen LogP contribution in [0.25, 0.3) is 0 Å². The first-order valence-corrected chi connectivity index (χ1v) is 11.4. The molecule has 0 aromatic heterocycles. The molecule has 0 aliphatic heterocycles. The van der Waals surface area contributed by atoms with Crippen LogP contribution in [0.3, 0.4) is 0 Å². The summed E-state index contributed by atoms with van der Waals surface area (Å²) in [4.78, 5) is 37.0. The minimum Gasteiger partial charge on any atom is -0.465 e. The van der Waals surface area contributed by atoms with E-state index in [0.717, 1.165) is 5.56 Å². The highest BCUT2D eigenvalue weighted by atomic mass is 32.2. The minimum atomic E-state index is -3.95. The summed E-state index contributed by atoms with van der Waals surface area (Å²) in [5.74, 6) is -2.10. The van der Waals surface area contributed by atoms with Crippen LogP contribution in [0.2, 0.25) is 0 Å². The second-order valence-electron chi connectivity index (χ2n) is 7.20. The van der Waals surface area contributed by atoms with Crippen molar-refractivity contribution in [3.8, 4) is 0 Å². The Morgan fingerprint density at radius 2 is 1.35 bits per heavy atom. The molecular weight excluding hydrogens is 460 g/mol. The standard InChI is InChI=1S/C24H22N2O7S/c1-15-8-10-19(11-9-15)34(30,31)26-21-7-5-4-6-20(21)22(27)25-18-13-16(23(28)32-2)12-17(14-18)24(29)33-3/h4-14,26H,1-3H3,(H,25,27). The van der Waals surface area contributed by atoms with Gasteiger partial charge in [0, 0.05) is 5.69 Å². The van der Waals surface area contributed by atoms with Crippen LogP contribution >= 0.6 is 0 Å². The van der Waals surface area contributed by atoms with Crippen LogP contribution in [0, 0.1) is 6.92 Å². The molecule has 3 aromatic rings. The number of para-hydroxylation sites is 1. The Kier molecular flexibility index (Phi) is 7.32. The highest BCUT2D eigenvalue weighted by Gasteiger charge is 2.20. The third-order valence-electron chi connectivity index (χ3n) is 4.78. The van der Waals surface area contributed by atoms with E-state index < -0.39 is 27.9 Å². The number of anilines is 2. The van der Waals surface area contributed by atoms with Gasteiger partial charge >= 0.3 is 11.9 Å². The first-order valence-electron chi connectivity index (χ1n) is 9.96. The number of carbonyl (C=O) groups excluding carboxylic acids is 3. The van der Waals surface area contributed by atoms with E-state index in [-0.39, 0.29) is 33.0 Å². The van der Waals surface area contributed by atoms with Gasteiger partial charge in [0.25, 0.3) is 15.9 Å². The molecule has 0 unspecified atom stereocenters. The predicted molar refractivity (Wildman–Crippen MR) is 126 cm³/mol. The number of amides is 1. The van der Waals surface area contributed by atoms with Crippen LogP contribution in [-0.2, 0) is 19.5 Å². The summed E-state index contributed by atoms with van der Waals surface area (Å²) in [5, 5.41) is 2.58. The molecule has 0 heterocycles. The fourth-order valence-electron chi connectivity index (χ4n) is 3.06. The zero-order valence-corrected chi connectivity index (χ0v) is 19.4. The van der Waals surface area contributed by atoms with E-state index in [2.05, 4.69) is 10.0 Å². The highest BCUT2D eigenvalue weighted by molar-refractivity contribution is 7.92. The molecule has 0 saturated heterocycles. The van der Waals surface area contributed by atoms with Crippen LogP contribution in [-0.4, -0.2) is 40.5 Å². The summed E-state index contributed by atoms with van der Waals surface area (Å²) in [6.45, 7) is 1.84. The second kappa shape index (κ2) is 10.2. The molecule has 3 aromatic carbocycles. The van der Waals surface area contributed by atoms with Crippen molar-refractivity contribution < 1.29 is 32.3 Å². The molecule has 0 bridgehead atoms. The summed E-state index contributed by atoms with van der Waals surface area (Å²) in [7, 11) is -1.59. The van der Waals surface area contributed by atoms with Crippen LogP contribution in [0.4, 0.5) is 11.4 Å². The second-order valence-corrected chi connectivity index (χ2v) is 8.88. The van der Waals surface area contributed by atoms with E-state index in [1.807, 2.05) is 6.92 Å². The Labute approximate surface area is 196 Å². The monoisotopic (exact) mass is 482 g/mol. The maximum atomic E-state index is 13.0. The predicted octanol–water partition coefficient (Wildman–Crippen LogP) is 3.62. The number of rotatable bonds is 7. The average Bonchev–Trinajstić information content (AvgIpc) is 2.83. The molecule has 9 nitrogen and oxygen atoms in total. The fourth-order valence-corrected chi connectivity index (χ4v) is 4.14. The van der Waals surface area contributed by atoms with Gasteiger partial charge in [-0.05, 0) is 49.4 Å². The Morgan fingerprint density at radius 1 is 0.794 bits per heavy atom. The van der Waals surface area contributed by atoms with Gasteiger partial charge in [-0.1, -0.05) is 29.8 Å². The summed E-state index contributed by atoms with van der Waals surface area (Å²) in [6.07, 6.45) is 0. The summed E-state index contributed by atoms with van der Waals surface area (Å²) in [5.41, 5.74) is 1.14. The van der Waals surface area contributed by atoms with E-state index >= 15 is 0 Å². The smallest absolute Gasteiger partial charge is 0.337 e. The van der Waals surface area contributed by atoms with Gasteiger partial charge in [0.05, 0.1) is 41.5 Å². The molecule has 2 N–H and O–H groups in total. The zero-order valence-electron chi connectivity index (χ0n) is 18.6. The summed E-state index contributed by atoms with van der Waals surface area (Å²) in [6, 6.07) is 16.2. The van der Waals surface area contributed by atoms with Gasteiger partial charge < -0.3 is 14.8 Å². The molecule has 0 atom stereocenters. The zero-order chi connectivity index (χ0) is 24.9. The Morgan fingerprint density at radius 3 is 1.91 bits per heavy atom. The van der Waals surface area contributed by atoms with Crippen molar-refractivity contribution in [2.75, 3.05) is 24.3 Å². The summed E-state index contributed by atoms with van der Waals surface area (Å²) >= 11 is 0. The Bertz CT molecular complexity index is 1320. The average molecular weight is 483 g/mol. The molecule has 0 saturated carbocycles. The van der Waals surface area contributed by atoms with Crippen LogP contribution in [0.15, 0.2) is 71.6 Å². The lowest BCUT2D eigenvalue weighted by molar-refractivity contribution is 0.0598. The third kappa shape index (κ3) is 5.59. The molecule has 0 aliphatic rings. The van der Waals surface area contributed by atoms with Gasteiger partial charge in [-0.3, -0.25) is 9.52 Å². The van der Waals surface area contributed by atoms with Crippen molar-refractivity contribution >= 4 is 39.2 Å². The molecule has 34 heavy (non-hydrogen) atoms. The third-order valence-corrected chi connectivity index (χ3v) is 6.16. The van der Waals surface area contributed by atoms with E-state index in [1.165, 1.54) is 56.7 Å². The first-order chi connectivity index (χ1) is 16.1. The lowest BCUT2D eigenvalue weighted by atomic mass is 10.1. The normalized spacial score (nSPS) is 10.8. The van der Waals surface area contributed by atoms with E-state index in [1.54, 1.807) is 24.3 Å². The van der Waals surface area contributed by atoms with Crippen molar-refractivity contribution in [3.05, 3.63) is 89.0 Å². The Balaban J connectivity index is 1.93. The molecule has 1 amide bonds. The van der Waals surface area contributed by atoms with E-state index in [9.17, 15) is 22.8 Å². The van der Waals surface area contributed by atoms with Crippen molar-refractivity contribution in [1.82, 2.24) is 0 Å². The first kappa shape index (κ1) is 24.5. The van der Waals surface area contributed by atoms with Gasteiger partial charge in [-0.2, -0.15) is 0 Å². The quantitative estimate of drug-likeness (QED) is 0.492. The highest BCUT2D eigenvalue weighted by Crippen LogP contribution is 2.23. The molecular formula is C24H22N2O7S. The lowest BCUT2D eigenvalue weighted by Crippen LogP contribution is -2.19. The molecule has 176 valence electrons. The lowest BCUT2D eigenvalue weighted by Gasteiger charge is -2.14. The largest absolute Gasteiger partial charge is 0.465 e. The Hall–Kier alpha value is -4.18. The van der Waals surface area contributed by atoms with Gasteiger partial charge in [0.15, 0.2) is 0 Å². The van der Waals surface area contributed by atoms with Crippen molar-refractivity contribution in [2.24, 2.45) is 0 Å². The SMILES string of the molecule is COC(=O)c1cc(NC(=O)c2ccccc2NS(=O)(=O)c2ccc(C)cc2)cc(C(=O)OC)c1. The van der Waals surface area contributed by atoms with Gasteiger partial charge in [-0.15, -0.1) is 0 Å². The van der Waals surface area contributed by atoms with Gasteiger partial charge in [-0.25, -0.2) is 18.0 Å². The molecule has 0 aliphatic carbocycles. The van der Waals surface area contributed by atoms with Gasteiger partial charge in [0.1, 0.15) is 0 Å². The molecule has 0 fully saturated rings. The topological polar surface area (TPSA) is 128 Å². The number of sulfonamides is 1. The number of methoxy groups -OCH3 is 2. The number of benzene rings is 3. The molecule has 10 heteroatoms. The number of carbonyl (C=O) groups is 3. The number of hydrogen-bond acceptors (Lipinski definition) is 7. The van der Waals surface area contributed by atoms with E-state index in [4.69, 9.17) is 9.47 Å². The van der Waals surface area contributed by atoms with Crippen LogP contribution < -0.4 is 10.0 Å². The summed E-state index contributed by atoms with van der Waals surface area (Å²) < 4.78 is 37.4. The maximum Gasteiger partial charge on any atom is 0.337 e. The van der Waals surface area contributed by atoms with Crippen LogP contribution in [0.5, 0.6) is 0 Å². The number of ether oxygens (including phenoxy) is 2. The number of esters is 2. The minimum absolute atomic E-state index is 0.0223. The van der Waals surface area contributed by atoms with Crippen molar-refractivity contribution in [2.45, 2.75) is 11.8 Å². The number of aryl methyl sites for hydroxylation is 1. The maximum absolute atomic E-state index is 13.0. The molecule has 0 spiro atoms. The fraction of sp³-hybridized carbons (Fsp3) is 0.125. The number of hydrogen-bond donors (Lipinski definition) is 2. The number of nitrogens with one attached hydrogen (secondary N) is 2. The molecule has 3 rings (SSSR count). The van der Waals surface area contributed by atoms with Crippen molar-refractivity contribution in [3.63, 3.8) is 0 Å². The van der Waals surface area contributed by atoms with Crippen LogP contribution in [0.1, 0.15) is 36.6 Å². The molecule has 0 radical (unpaired) electrons. The van der Waals surface area contributed by atoms with E-state index in [0.29, 0.717) is 0 Å². The van der Waals surface area contributed by atoms with Crippen molar-refractivity contribution in [1.29, 1.82) is 0 Å². The van der Waals surface area contributed by atoms with Gasteiger partial charge in [0.2, 0.25) is 0 Å².